The molecule has 0 saturated carbocycles. The van der Waals surface area contributed by atoms with Gasteiger partial charge in [-0.2, -0.15) is 5.10 Å². The van der Waals surface area contributed by atoms with Crippen molar-refractivity contribution in [1.29, 1.82) is 0 Å². The number of hydrazone groups is 1. The van der Waals surface area contributed by atoms with E-state index in [2.05, 4.69) is 15.8 Å². The number of non-ortho nitro benzene ring substituents is 1. The number of benzene rings is 2. The lowest BCUT2D eigenvalue weighted by molar-refractivity contribution is -0.385. The maximum Gasteiger partial charge on any atom is 0.274 e. The van der Waals surface area contributed by atoms with Crippen molar-refractivity contribution in [2.45, 2.75) is 13.0 Å². The third-order valence-electron chi connectivity index (χ3n) is 3.76. The molecule has 3 N–H and O–H groups in total. The lowest BCUT2D eigenvalue weighted by Gasteiger charge is -2.13. The second kappa shape index (κ2) is 9.21. The van der Waals surface area contributed by atoms with E-state index in [1.54, 1.807) is 38.3 Å². The van der Waals surface area contributed by atoms with Gasteiger partial charge in [-0.25, -0.2) is 5.43 Å². The van der Waals surface area contributed by atoms with Crippen molar-refractivity contribution in [3.63, 3.8) is 0 Å². The van der Waals surface area contributed by atoms with Crippen LogP contribution in [0.15, 0.2) is 41.5 Å². The molecular formula is C18H20N4O6. The maximum atomic E-state index is 12.1. The summed E-state index contributed by atoms with van der Waals surface area (Å²) in [5, 5.41) is 27.7. The van der Waals surface area contributed by atoms with Crippen LogP contribution >= 0.6 is 0 Å². The fraction of sp³-hybridized carbons (Fsp3) is 0.222. The number of methoxy groups -OCH3 is 2. The lowest BCUT2D eigenvalue weighted by atomic mass is 10.2. The Labute approximate surface area is 160 Å². The molecule has 0 saturated heterocycles. The van der Waals surface area contributed by atoms with Crippen LogP contribution < -0.4 is 20.2 Å². The zero-order chi connectivity index (χ0) is 20.7. The zero-order valence-corrected chi connectivity index (χ0v) is 15.5. The molecule has 148 valence electrons. The standard InChI is InChI=1S/C18H20N4O6/c1-11(20-13-4-6-15(27-2)7-5-13)18(24)21-19-10-12-8-14(22(25)26)9-16(28-3)17(12)23/h4-11,20,23H,1-3H3,(H,21,24)/b19-10-/t11-/m0/s1. The van der Waals surface area contributed by atoms with Crippen LogP contribution in [0, 0.1) is 10.1 Å². The first-order chi connectivity index (χ1) is 13.3. The van der Waals surface area contributed by atoms with E-state index >= 15 is 0 Å². The number of carbonyl (C=O) groups excluding carboxylic acids is 1. The molecule has 0 aromatic heterocycles. The monoisotopic (exact) mass is 388 g/mol. The number of anilines is 1. The summed E-state index contributed by atoms with van der Waals surface area (Å²) < 4.78 is 9.97. The number of rotatable bonds is 8. The van der Waals surface area contributed by atoms with E-state index in [-0.39, 0.29) is 22.7 Å². The molecule has 0 spiro atoms. The Balaban J connectivity index is 2.03. The highest BCUT2D eigenvalue weighted by atomic mass is 16.6. The highest BCUT2D eigenvalue weighted by Gasteiger charge is 2.16. The summed E-state index contributed by atoms with van der Waals surface area (Å²) >= 11 is 0. The average Bonchev–Trinajstić information content (AvgIpc) is 2.69. The predicted octanol–water partition coefficient (Wildman–Crippen LogP) is 2.27. The van der Waals surface area contributed by atoms with E-state index in [9.17, 15) is 20.0 Å². The van der Waals surface area contributed by atoms with Gasteiger partial charge < -0.3 is 19.9 Å². The Bertz CT molecular complexity index is 882. The molecule has 0 aliphatic rings. The molecule has 2 aromatic carbocycles. The first kappa shape index (κ1) is 20.5. The minimum Gasteiger partial charge on any atom is -0.504 e. The molecular weight excluding hydrogens is 368 g/mol. The van der Waals surface area contributed by atoms with Crippen LogP contribution in [0.25, 0.3) is 0 Å². The largest absolute Gasteiger partial charge is 0.504 e. The number of amides is 1. The minimum absolute atomic E-state index is 0.0297. The molecule has 10 nitrogen and oxygen atoms in total. The third kappa shape index (κ3) is 5.10. The third-order valence-corrected chi connectivity index (χ3v) is 3.76. The van der Waals surface area contributed by atoms with E-state index in [4.69, 9.17) is 9.47 Å². The van der Waals surface area contributed by atoms with Gasteiger partial charge in [0.1, 0.15) is 11.8 Å². The smallest absolute Gasteiger partial charge is 0.274 e. The summed E-state index contributed by atoms with van der Waals surface area (Å²) in [5.74, 6) is -0.143. The average molecular weight is 388 g/mol. The Morgan fingerprint density at radius 1 is 1.25 bits per heavy atom. The molecule has 28 heavy (non-hydrogen) atoms. The summed E-state index contributed by atoms with van der Waals surface area (Å²) in [7, 11) is 2.83. The number of hydrogen-bond donors (Lipinski definition) is 3. The van der Waals surface area contributed by atoms with E-state index in [0.29, 0.717) is 11.4 Å². The van der Waals surface area contributed by atoms with E-state index in [1.807, 2.05) is 0 Å². The quantitative estimate of drug-likeness (QED) is 0.358. The molecule has 2 aromatic rings. The summed E-state index contributed by atoms with van der Waals surface area (Å²) in [6.07, 6.45) is 1.10. The molecule has 0 heterocycles. The molecule has 0 radical (unpaired) electrons. The summed E-state index contributed by atoms with van der Waals surface area (Å²) in [6.45, 7) is 1.64. The second-order valence-electron chi connectivity index (χ2n) is 5.67. The fourth-order valence-corrected chi connectivity index (χ4v) is 2.24. The number of phenols is 1. The van der Waals surface area contributed by atoms with Crippen molar-refractivity contribution in [2.24, 2.45) is 5.10 Å². The molecule has 2 rings (SSSR count). The van der Waals surface area contributed by atoms with Crippen LogP contribution in [0.1, 0.15) is 12.5 Å². The number of nitro benzene ring substituents is 1. The van der Waals surface area contributed by atoms with Crippen LogP contribution in [-0.4, -0.2) is 42.4 Å². The first-order valence-electron chi connectivity index (χ1n) is 8.14. The molecule has 0 aliphatic heterocycles. The van der Waals surface area contributed by atoms with Gasteiger partial charge in [0.15, 0.2) is 11.5 Å². The molecule has 1 atom stereocenters. The molecule has 10 heteroatoms. The van der Waals surface area contributed by atoms with Gasteiger partial charge in [0.2, 0.25) is 0 Å². The highest BCUT2D eigenvalue weighted by molar-refractivity contribution is 5.89. The van der Waals surface area contributed by atoms with Gasteiger partial charge >= 0.3 is 0 Å². The fourth-order valence-electron chi connectivity index (χ4n) is 2.24. The Kier molecular flexibility index (Phi) is 6.74. The van der Waals surface area contributed by atoms with Gasteiger partial charge in [0.25, 0.3) is 11.6 Å². The number of aromatic hydroxyl groups is 1. The second-order valence-corrected chi connectivity index (χ2v) is 5.67. The van der Waals surface area contributed by atoms with Crippen molar-refractivity contribution < 1.29 is 24.3 Å². The summed E-state index contributed by atoms with van der Waals surface area (Å²) in [6, 6.07) is 8.63. The molecule has 0 bridgehead atoms. The van der Waals surface area contributed by atoms with Crippen LogP contribution in [0.3, 0.4) is 0 Å². The number of nitro groups is 1. The Morgan fingerprint density at radius 3 is 2.50 bits per heavy atom. The van der Waals surface area contributed by atoms with Gasteiger partial charge in [0, 0.05) is 17.3 Å². The van der Waals surface area contributed by atoms with Gasteiger partial charge in [-0.05, 0) is 31.2 Å². The van der Waals surface area contributed by atoms with Crippen molar-refractivity contribution in [3.05, 3.63) is 52.1 Å². The number of hydrogen-bond acceptors (Lipinski definition) is 8. The molecule has 1 amide bonds. The minimum atomic E-state index is -0.626. The van der Waals surface area contributed by atoms with Crippen molar-refractivity contribution in [2.75, 3.05) is 19.5 Å². The number of nitrogens with zero attached hydrogens (tertiary/aromatic N) is 2. The van der Waals surface area contributed by atoms with Crippen LogP contribution in [0.4, 0.5) is 11.4 Å². The van der Waals surface area contributed by atoms with Crippen LogP contribution in [0.2, 0.25) is 0 Å². The first-order valence-corrected chi connectivity index (χ1v) is 8.14. The van der Waals surface area contributed by atoms with E-state index in [0.717, 1.165) is 18.3 Å². The summed E-state index contributed by atoms with van der Waals surface area (Å²) in [4.78, 5) is 22.5. The summed E-state index contributed by atoms with van der Waals surface area (Å²) in [5.41, 5.74) is 2.77. The normalized spacial score (nSPS) is 11.7. The number of nitrogens with one attached hydrogen (secondary N) is 2. The molecule has 0 unspecified atom stereocenters. The van der Waals surface area contributed by atoms with Crippen LogP contribution in [-0.2, 0) is 4.79 Å². The highest BCUT2D eigenvalue weighted by Crippen LogP contribution is 2.33. The Hall–Kier alpha value is -3.82. The van der Waals surface area contributed by atoms with Crippen molar-refractivity contribution in [3.8, 4) is 17.2 Å². The zero-order valence-electron chi connectivity index (χ0n) is 15.5. The van der Waals surface area contributed by atoms with Gasteiger partial charge in [-0.1, -0.05) is 0 Å². The number of ether oxygens (including phenoxy) is 2. The lowest BCUT2D eigenvalue weighted by Crippen LogP contribution is -2.34. The number of carbonyl (C=O) groups is 1. The number of phenolic OH excluding ortho intramolecular Hbond substituents is 1. The van der Waals surface area contributed by atoms with Crippen molar-refractivity contribution >= 4 is 23.5 Å². The van der Waals surface area contributed by atoms with Crippen LogP contribution in [0.5, 0.6) is 17.2 Å². The predicted molar refractivity (Wildman–Crippen MR) is 103 cm³/mol. The maximum absolute atomic E-state index is 12.1. The van der Waals surface area contributed by atoms with E-state index < -0.39 is 16.9 Å². The van der Waals surface area contributed by atoms with Gasteiger partial charge in [-0.3, -0.25) is 14.9 Å². The van der Waals surface area contributed by atoms with Crippen molar-refractivity contribution in [1.82, 2.24) is 5.43 Å². The molecule has 0 aliphatic carbocycles. The molecule has 0 fully saturated rings. The Morgan fingerprint density at radius 2 is 1.93 bits per heavy atom. The van der Waals surface area contributed by atoms with Gasteiger partial charge in [0.05, 0.1) is 31.4 Å². The van der Waals surface area contributed by atoms with E-state index in [1.165, 1.54) is 7.11 Å². The topological polar surface area (TPSA) is 135 Å². The van der Waals surface area contributed by atoms with Gasteiger partial charge in [-0.15, -0.1) is 0 Å². The SMILES string of the molecule is COc1ccc(N[C@@H](C)C(=O)N/N=C\c2cc([N+](=O)[O-])cc(OC)c2O)cc1.